The van der Waals surface area contributed by atoms with Gasteiger partial charge in [-0.05, 0) is 13.3 Å². The van der Waals surface area contributed by atoms with Gasteiger partial charge in [0, 0.05) is 6.42 Å². The molecule has 0 aromatic carbocycles. The van der Waals surface area contributed by atoms with Gasteiger partial charge in [0.25, 0.3) is 0 Å². The number of aromatic amines is 1. The number of rotatable bonds is 4. The van der Waals surface area contributed by atoms with Crippen LogP contribution in [0.5, 0.6) is 0 Å². The fourth-order valence-corrected chi connectivity index (χ4v) is 2.62. The lowest BCUT2D eigenvalue weighted by atomic mass is 9.92. The predicted octanol–water partition coefficient (Wildman–Crippen LogP) is 0.265. The Bertz CT molecular complexity index is 523. The van der Waals surface area contributed by atoms with Crippen molar-refractivity contribution in [3.8, 4) is 0 Å². The first-order valence-electron chi connectivity index (χ1n) is 6.70. The van der Waals surface area contributed by atoms with E-state index in [0.29, 0.717) is 12.1 Å². The van der Waals surface area contributed by atoms with Crippen LogP contribution in [-0.4, -0.2) is 43.4 Å². The molecule has 2 rings (SSSR count). The number of hydrogen-bond acceptors (Lipinski definition) is 4. The molecule has 2 unspecified atom stereocenters. The predicted molar refractivity (Wildman–Crippen MR) is 71.8 cm³/mol. The first-order chi connectivity index (χ1) is 9.36. The molecule has 1 aliphatic rings. The molecular formula is C13H20N4O3. The number of carboxylic acid groups (broad SMARTS) is 1. The molecule has 1 aromatic rings. The maximum atomic E-state index is 12.6. The van der Waals surface area contributed by atoms with E-state index in [1.165, 1.54) is 11.2 Å². The monoisotopic (exact) mass is 280 g/mol. The fourth-order valence-electron chi connectivity index (χ4n) is 2.62. The van der Waals surface area contributed by atoms with Crippen LogP contribution in [0.2, 0.25) is 0 Å². The molecule has 20 heavy (non-hydrogen) atoms. The van der Waals surface area contributed by atoms with Crippen LogP contribution in [0.25, 0.3) is 0 Å². The lowest BCUT2D eigenvalue weighted by Crippen LogP contribution is -2.59. The second-order valence-electron chi connectivity index (χ2n) is 5.49. The zero-order valence-electron chi connectivity index (χ0n) is 11.7. The highest BCUT2D eigenvalue weighted by atomic mass is 16.4. The number of nitrogens with one attached hydrogen (secondary N) is 1. The SMILES string of the molecule is CCCC(C)(N)C(=O)N1Cc2[nH]cnc2CC1C(=O)O. The van der Waals surface area contributed by atoms with Gasteiger partial charge in [0.1, 0.15) is 6.04 Å². The molecule has 0 bridgehead atoms. The summed E-state index contributed by atoms with van der Waals surface area (Å²) in [7, 11) is 0. The molecule has 4 N–H and O–H groups in total. The van der Waals surface area contributed by atoms with Crippen LogP contribution in [0.3, 0.4) is 0 Å². The largest absolute Gasteiger partial charge is 0.480 e. The van der Waals surface area contributed by atoms with Crippen LogP contribution in [0, 0.1) is 0 Å². The van der Waals surface area contributed by atoms with Crippen LogP contribution in [0.15, 0.2) is 6.33 Å². The summed E-state index contributed by atoms with van der Waals surface area (Å²) < 4.78 is 0. The van der Waals surface area contributed by atoms with Crippen molar-refractivity contribution in [2.24, 2.45) is 5.73 Å². The summed E-state index contributed by atoms with van der Waals surface area (Å²) >= 11 is 0. The van der Waals surface area contributed by atoms with Crippen LogP contribution in [-0.2, 0) is 22.6 Å². The summed E-state index contributed by atoms with van der Waals surface area (Å²) in [5.41, 5.74) is 6.49. The zero-order chi connectivity index (χ0) is 14.9. The van der Waals surface area contributed by atoms with Gasteiger partial charge in [-0.2, -0.15) is 0 Å². The van der Waals surface area contributed by atoms with Crippen molar-refractivity contribution in [3.05, 3.63) is 17.7 Å². The van der Waals surface area contributed by atoms with E-state index >= 15 is 0 Å². The maximum absolute atomic E-state index is 12.6. The van der Waals surface area contributed by atoms with Gasteiger partial charge in [-0.25, -0.2) is 9.78 Å². The lowest BCUT2D eigenvalue weighted by molar-refractivity contribution is -0.154. The number of aromatic nitrogens is 2. The van der Waals surface area contributed by atoms with E-state index in [1.54, 1.807) is 6.92 Å². The van der Waals surface area contributed by atoms with Crippen molar-refractivity contribution in [2.75, 3.05) is 0 Å². The summed E-state index contributed by atoms with van der Waals surface area (Å²) in [6, 6.07) is -0.905. The molecule has 7 heteroatoms. The first-order valence-corrected chi connectivity index (χ1v) is 6.70. The number of hydrogen-bond donors (Lipinski definition) is 3. The highest BCUT2D eigenvalue weighted by Crippen LogP contribution is 2.24. The van der Waals surface area contributed by atoms with Gasteiger partial charge in [0.2, 0.25) is 5.91 Å². The summed E-state index contributed by atoms with van der Waals surface area (Å²) in [5, 5.41) is 9.34. The van der Waals surface area contributed by atoms with Crippen molar-refractivity contribution in [1.82, 2.24) is 14.9 Å². The number of imidazole rings is 1. The first kappa shape index (κ1) is 14.5. The Labute approximate surface area is 117 Å². The van der Waals surface area contributed by atoms with Crippen LogP contribution < -0.4 is 5.73 Å². The molecule has 0 spiro atoms. The molecule has 1 amide bonds. The van der Waals surface area contributed by atoms with Crippen LogP contribution >= 0.6 is 0 Å². The molecule has 0 saturated heterocycles. The Morgan fingerprint density at radius 2 is 2.35 bits per heavy atom. The number of H-pyrrole nitrogens is 1. The molecule has 0 aliphatic carbocycles. The topological polar surface area (TPSA) is 112 Å². The van der Waals surface area contributed by atoms with Gasteiger partial charge in [-0.3, -0.25) is 4.79 Å². The molecule has 1 aromatic heterocycles. The fraction of sp³-hybridized carbons (Fsp3) is 0.615. The Balaban J connectivity index is 2.29. The van der Waals surface area contributed by atoms with Gasteiger partial charge in [0.15, 0.2) is 0 Å². The number of amides is 1. The van der Waals surface area contributed by atoms with Crippen molar-refractivity contribution < 1.29 is 14.7 Å². The number of carbonyl (C=O) groups excluding carboxylic acids is 1. The Kier molecular flexibility index (Phi) is 3.80. The van der Waals surface area contributed by atoms with Crippen molar-refractivity contribution in [3.63, 3.8) is 0 Å². The lowest BCUT2D eigenvalue weighted by Gasteiger charge is -2.37. The van der Waals surface area contributed by atoms with Crippen molar-refractivity contribution in [1.29, 1.82) is 0 Å². The Morgan fingerprint density at radius 3 is 2.95 bits per heavy atom. The molecule has 1 aliphatic heterocycles. The average Bonchev–Trinajstić information content (AvgIpc) is 2.83. The minimum atomic E-state index is -1.04. The molecule has 7 nitrogen and oxygen atoms in total. The molecule has 2 heterocycles. The highest BCUT2D eigenvalue weighted by Gasteiger charge is 2.41. The van der Waals surface area contributed by atoms with E-state index in [4.69, 9.17) is 5.73 Å². The highest BCUT2D eigenvalue weighted by molar-refractivity contribution is 5.90. The van der Waals surface area contributed by atoms with Crippen LogP contribution in [0.4, 0.5) is 0 Å². The zero-order valence-corrected chi connectivity index (χ0v) is 11.7. The summed E-state index contributed by atoms with van der Waals surface area (Å²) in [5.74, 6) is -1.36. The Hall–Kier alpha value is -1.89. The van der Waals surface area contributed by atoms with Gasteiger partial charge >= 0.3 is 5.97 Å². The van der Waals surface area contributed by atoms with E-state index < -0.39 is 17.6 Å². The van der Waals surface area contributed by atoms with E-state index in [9.17, 15) is 14.7 Å². The normalized spacial score (nSPS) is 21.1. The van der Waals surface area contributed by atoms with Crippen molar-refractivity contribution in [2.45, 2.75) is 51.2 Å². The Morgan fingerprint density at radius 1 is 1.65 bits per heavy atom. The molecule has 0 radical (unpaired) electrons. The summed E-state index contributed by atoms with van der Waals surface area (Å²) in [6.07, 6.45) is 3.01. The number of nitrogens with zero attached hydrogens (tertiary/aromatic N) is 2. The smallest absolute Gasteiger partial charge is 0.326 e. The third kappa shape index (κ3) is 2.53. The van der Waals surface area contributed by atoms with Crippen LogP contribution in [0.1, 0.15) is 38.1 Å². The third-order valence-corrected chi connectivity index (χ3v) is 3.70. The van der Waals surface area contributed by atoms with E-state index in [-0.39, 0.29) is 18.9 Å². The van der Waals surface area contributed by atoms with Gasteiger partial charge in [-0.1, -0.05) is 13.3 Å². The molecule has 2 atom stereocenters. The van der Waals surface area contributed by atoms with Gasteiger partial charge < -0.3 is 20.7 Å². The summed E-state index contributed by atoms with van der Waals surface area (Å²) in [6.45, 7) is 3.80. The van der Waals surface area contributed by atoms with Gasteiger partial charge in [-0.15, -0.1) is 0 Å². The van der Waals surface area contributed by atoms with Gasteiger partial charge in [0.05, 0.1) is 29.8 Å². The minimum Gasteiger partial charge on any atom is -0.480 e. The number of aliphatic carboxylic acids is 1. The molecular weight excluding hydrogens is 260 g/mol. The second kappa shape index (κ2) is 5.24. The molecule has 0 fully saturated rings. The quantitative estimate of drug-likeness (QED) is 0.732. The standard InChI is InChI=1S/C13H20N4O3/c1-3-4-13(2,14)12(20)17-6-9-8(15-7-16-9)5-10(17)11(18)19/h7,10H,3-6,14H2,1-2H3,(H,15,16)(H,18,19). The van der Waals surface area contributed by atoms with E-state index in [2.05, 4.69) is 9.97 Å². The number of nitrogens with two attached hydrogens (primary N) is 1. The molecule has 0 saturated carbocycles. The second-order valence-corrected chi connectivity index (χ2v) is 5.49. The number of carbonyl (C=O) groups is 2. The minimum absolute atomic E-state index is 0.210. The molecule has 110 valence electrons. The third-order valence-electron chi connectivity index (χ3n) is 3.70. The average molecular weight is 280 g/mol. The van der Waals surface area contributed by atoms with E-state index in [0.717, 1.165) is 12.1 Å². The van der Waals surface area contributed by atoms with Crippen molar-refractivity contribution >= 4 is 11.9 Å². The van der Waals surface area contributed by atoms with E-state index in [1.807, 2.05) is 6.92 Å². The number of carboxylic acids is 1. The maximum Gasteiger partial charge on any atom is 0.326 e. The number of fused-ring (bicyclic) bond motifs is 1. The summed E-state index contributed by atoms with van der Waals surface area (Å²) in [4.78, 5) is 32.4.